The molecule has 0 saturated carbocycles. The van der Waals surface area contributed by atoms with E-state index in [0.29, 0.717) is 61.9 Å². The van der Waals surface area contributed by atoms with Gasteiger partial charge in [0.05, 0.1) is 49.3 Å². The molecule has 5 aliphatic rings. The van der Waals surface area contributed by atoms with Crippen molar-refractivity contribution in [2.45, 2.75) is 244 Å². The number of rotatable bonds is 40. The zero-order chi connectivity index (χ0) is 79.7. The molecule has 6 aromatic carbocycles. The summed E-state index contributed by atoms with van der Waals surface area (Å²) in [7, 11) is 0. The predicted molar refractivity (Wildman–Crippen MR) is 453 cm³/mol. The third-order valence-corrected chi connectivity index (χ3v) is 24.5. The Morgan fingerprint density at radius 1 is 0.353 bits per heavy atom. The highest BCUT2D eigenvalue weighted by atomic mass is 16.7. The molecule has 4 unspecified atom stereocenters. The molecule has 0 fully saturated rings. The van der Waals surface area contributed by atoms with Crippen LogP contribution in [0.2, 0.25) is 0 Å². The lowest BCUT2D eigenvalue weighted by atomic mass is 9.74. The van der Waals surface area contributed by atoms with E-state index in [2.05, 4.69) is 145 Å². The van der Waals surface area contributed by atoms with Crippen molar-refractivity contribution in [2.75, 3.05) is 40.4 Å². The molecular weight excluding hydrogens is 1450 g/mol. The van der Waals surface area contributed by atoms with Gasteiger partial charge in [0.25, 0.3) is 0 Å². The van der Waals surface area contributed by atoms with Gasteiger partial charge in [0.15, 0.2) is 0 Å². The summed E-state index contributed by atoms with van der Waals surface area (Å²) >= 11 is 0. The summed E-state index contributed by atoms with van der Waals surface area (Å²) in [6.45, 7) is 14.3. The van der Waals surface area contributed by atoms with E-state index in [-0.39, 0.29) is 87.6 Å². The molecule has 0 saturated heterocycles. The van der Waals surface area contributed by atoms with Crippen LogP contribution in [0.3, 0.4) is 0 Å². The van der Waals surface area contributed by atoms with Crippen LogP contribution in [0.1, 0.15) is 318 Å². The smallest absolute Gasteiger partial charge is 0.230 e. The van der Waals surface area contributed by atoms with Gasteiger partial charge in [-0.3, -0.25) is 9.59 Å². The summed E-state index contributed by atoms with van der Waals surface area (Å²) in [5, 5.41) is 6.88. The number of amides is 2. The van der Waals surface area contributed by atoms with Crippen LogP contribution in [0, 0.1) is 13.8 Å². The second kappa shape index (κ2) is 38.9. The Balaban J connectivity index is 0.783. The van der Waals surface area contributed by atoms with Crippen molar-refractivity contribution >= 4 is 11.8 Å². The van der Waals surface area contributed by atoms with Crippen LogP contribution >= 0.6 is 0 Å². The molecule has 116 heavy (non-hydrogen) atoms. The number of hydrogen-bond donors (Lipinski definition) is 6. The Kier molecular flexibility index (Phi) is 27.0. The first kappa shape index (κ1) is 80.6. The average Bonchev–Trinajstić information content (AvgIpc) is 0.826. The van der Waals surface area contributed by atoms with Gasteiger partial charge in [-0.05, 0) is 163 Å². The van der Waals surface area contributed by atoms with Gasteiger partial charge in [0.1, 0.15) is 57.5 Å². The third-order valence-electron chi connectivity index (χ3n) is 24.5. The fourth-order valence-electron chi connectivity index (χ4n) is 18.8. The molecule has 1 aliphatic carbocycles. The quantitative estimate of drug-likeness (QED) is 0.0198. The Morgan fingerprint density at radius 2 is 0.638 bits per heavy atom. The third kappa shape index (κ3) is 17.7. The van der Waals surface area contributed by atoms with Gasteiger partial charge in [0, 0.05) is 151 Å². The molecule has 18 heteroatoms. The van der Waals surface area contributed by atoms with Crippen LogP contribution in [0.25, 0.3) is 0 Å². The first-order valence-corrected chi connectivity index (χ1v) is 43.4. The Morgan fingerprint density at radius 3 is 0.922 bits per heavy atom. The Bertz CT molecular complexity index is 4380. The molecule has 4 aliphatic heterocycles. The maximum absolute atomic E-state index is 14.7. The number of para-hydroxylation sites is 2. The Hall–Kier alpha value is -10.6. The average molecular weight is 1570 g/mol. The number of H-pyrrole nitrogens is 4. The molecule has 6 N–H and O–H groups in total. The molecule has 4 atom stereocenters. The topological polar surface area (TPSA) is 214 Å². The van der Waals surface area contributed by atoms with Gasteiger partial charge in [0.2, 0.25) is 39.0 Å². The van der Waals surface area contributed by atoms with E-state index >= 15 is 0 Å². The predicted octanol–water partition coefficient (Wildman–Crippen LogP) is 22.6. The molecule has 612 valence electrons. The molecule has 15 rings (SSSR count). The monoisotopic (exact) mass is 1570 g/mol. The van der Waals surface area contributed by atoms with Crippen molar-refractivity contribution in [3.05, 3.63) is 247 Å². The first-order chi connectivity index (χ1) is 57.1. The van der Waals surface area contributed by atoms with Gasteiger partial charge >= 0.3 is 0 Å². The van der Waals surface area contributed by atoms with Crippen molar-refractivity contribution in [1.82, 2.24) is 30.6 Å². The van der Waals surface area contributed by atoms with Crippen LogP contribution in [0.15, 0.2) is 146 Å². The number of carbonyl (C=O) groups is 2. The van der Waals surface area contributed by atoms with Gasteiger partial charge in [-0.15, -0.1) is 0 Å². The molecule has 2 amide bonds. The molecular formula is C98H118N6O12. The van der Waals surface area contributed by atoms with Gasteiger partial charge in [-0.2, -0.15) is 0 Å². The van der Waals surface area contributed by atoms with Crippen LogP contribution in [0.4, 0.5) is 0 Å². The number of benzene rings is 6. The van der Waals surface area contributed by atoms with E-state index < -0.39 is 0 Å². The van der Waals surface area contributed by atoms with E-state index in [1.165, 1.54) is 0 Å². The fourth-order valence-corrected chi connectivity index (χ4v) is 18.8. The highest BCUT2D eigenvalue weighted by Crippen LogP contribution is 2.59. The van der Waals surface area contributed by atoms with E-state index in [0.717, 1.165) is 264 Å². The normalized spacial score (nSPS) is 16.1. The number of aromatic amines is 4. The summed E-state index contributed by atoms with van der Waals surface area (Å²) in [5.41, 5.74) is 18.3. The SMILES string of the molecule is CCCCCC1c2cc3c4c(C)c2OCOc2c1cc1c(c2CNC(=O)CCCCCOc2ccccc2C(c2ccc[nH]2)c2ccc[nH]2)OCOc2c(cc5c(c2C)OCOc2c(cc(c(c2CNC(=O)CCCCCOc2ccccc2C(c2ccc[nH]2)c2ccc[nH]2)OCO4)C3CCCCC)C5CCCCC)C1CCCCC. The van der Waals surface area contributed by atoms with Gasteiger partial charge in [-0.25, -0.2) is 0 Å². The fraction of sp³-hybridized carbons (Fsp3) is 0.449. The molecule has 8 heterocycles. The standard InChI is InChI=1S/C98H118N6O12/c1-7-11-17-33-65-71-53-72-66(34-18-12-8-2)77-56-78-68(36-20-14-10-4)74-54-73-67(35-19-13-9-3)76-55-75(65)95-79(57-103-87(105)45-21-15-27-51-107-85-43-25-23-37-69(85)89(81-39-29-47-99-81)82-40-30-48-100-82)96(76)114-61-111-93(73)64(6)94(74)112-62-116-98(78)80(97(77)115-60-110-92(72)63(5)91(71)109-59-113-95)58-104-88(106)46-22-16-28-52-108-86-44-26-24-38-70(86)90(83-41-31-49-101-83)84-42-32-50-102-84/h23-26,29-32,37-44,47-50,53-56,65-68,89-90,99-102H,7-22,27-28,33-36,45-46,51-52,57-62H2,1-6H3,(H,103,105)(H,104,106). The molecule has 8 bridgehead atoms. The minimum absolute atomic E-state index is 0.0480. The van der Waals surface area contributed by atoms with Crippen molar-refractivity contribution in [3.8, 4) is 57.5 Å². The summed E-state index contributed by atoms with van der Waals surface area (Å²) in [6, 6.07) is 42.8. The van der Waals surface area contributed by atoms with Crippen molar-refractivity contribution in [1.29, 1.82) is 0 Å². The van der Waals surface area contributed by atoms with E-state index in [9.17, 15) is 9.59 Å². The van der Waals surface area contributed by atoms with Crippen LogP contribution in [0.5, 0.6) is 57.5 Å². The van der Waals surface area contributed by atoms with E-state index in [1.54, 1.807) is 0 Å². The summed E-state index contributed by atoms with van der Waals surface area (Å²) < 4.78 is 70.3. The number of aromatic nitrogens is 4. The van der Waals surface area contributed by atoms with Crippen molar-refractivity contribution < 1.29 is 57.0 Å². The lowest BCUT2D eigenvalue weighted by molar-refractivity contribution is -0.122. The number of nitrogens with one attached hydrogen (secondary N) is 6. The second-order valence-corrected chi connectivity index (χ2v) is 32.2. The molecule has 10 aromatic rings. The minimum atomic E-state index is -0.230. The maximum Gasteiger partial charge on any atom is 0.230 e. The second-order valence-electron chi connectivity index (χ2n) is 32.2. The Labute approximate surface area is 684 Å². The molecule has 0 spiro atoms. The maximum atomic E-state index is 14.7. The lowest BCUT2D eigenvalue weighted by Gasteiger charge is -2.37. The van der Waals surface area contributed by atoms with Crippen LogP contribution in [-0.4, -0.2) is 72.1 Å². The van der Waals surface area contributed by atoms with Crippen molar-refractivity contribution in [2.24, 2.45) is 0 Å². The molecule has 0 radical (unpaired) electrons. The van der Waals surface area contributed by atoms with Crippen LogP contribution < -0.4 is 58.0 Å². The number of carbonyl (C=O) groups excluding carboxylic acids is 2. The summed E-state index contributed by atoms with van der Waals surface area (Å²) in [5.74, 6) is 6.19. The van der Waals surface area contributed by atoms with Crippen molar-refractivity contribution in [3.63, 3.8) is 0 Å². The first-order valence-electron chi connectivity index (χ1n) is 43.4. The molecule has 4 aromatic heterocycles. The highest BCUT2D eigenvalue weighted by Gasteiger charge is 2.42. The van der Waals surface area contributed by atoms with E-state index in [1.807, 2.05) is 73.3 Å². The number of unbranched alkanes of at least 4 members (excludes halogenated alkanes) is 12. The largest absolute Gasteiger partial charge is 0.493 e. The summed E-state index contributed by atoms with van der Waals surface area (Å²) in [4.78, 5) is 43.1. The highest BCUT2D eigenvalue weighted by molar-refractivity contribution is 5.78. The van der Waals surface area contributed by atoms with Crippen LogP contribution in [-0.2, 0) is 22.7 Å². The van der Waals surface area contributed by atoms with Gasteiger partial charge < -0.3 is 77.9 Å². The van der Waals surface area contributed by atoms with Gasteiger partial charge in [-0.1, -0.05) is 141 Å². The zero-order valence-corrected chi connectivity index (χ0v) is 68.8. The molecule has 18 nitrogen and oxygen atoms in total. The van der Waals surface area contributed by atoms with E-state index in [4.69, 9.17) is 47.4 Å². The lowest BCUT2D eigenvalue weighted by Crippen LogP contribution is -2.28. The number of ether oxygens (including phenoxy) is 10. The minimum Gasteiger partial charge on any atom is -0.493 e. The number of hydrogen-bond acceptors (Lipinski definition) is 12. The summed E-state index contributed by atoms with van der Waals surface area (Å²) in [6.07, 6.45) is 28.2. The zero-order valence-electron chi connectivity index (χ0n) is 68.8.